The summed E-state index contributed by atoms with van der Waals surface area (Å²) in [6.45, 7) is 9.63. The molecule has 1 unspecified atom stereocenters. The summed E-state index contributed by atoms with van der Waals surface area (Å²) in [7, 11) is 1.63. The van der Waals surface area contributed by atoms with Gasteiger partial charge in [-0.2, -0.15) is 0 Å². The quantitative estimate of drug-likeness (QED) is 0.801. The predicted octanol–water partition coefficient (Wildman–Crippen LogP) is 1.58. The molecule has 0 spiro atoms. The van der Waals surface area contributed by atoms with Crippen LogP contribution in [0, 0.1) is 0 Å². The van der Waals surface area contributed by atoms with E-state index in [9.17, 15) is 4.79 Å². The molecule has 1 atom stereocenters. The fraction of sp³-hybridized carbons (Fsp3) is 0.917. The first-order valence-electron chi connectivity index (χ1n) is 6.11. The number of amides is 1. The number of rotatable bonds is 2. The first-order valence-corrected chi connectivity index (χ1v) is 6.11. The maximum atomic E-state index is 12.1. The van der Waals surface area contributed by atoms with Gasteiger partial charge in [-0.1, -0.05) is 6.92 Å². The average molecular weight is 244 g/mol. The van der Waals surface area contributed by atoms with Crippen molar-refractivity contribution in [2.75, 3.05) is 26.7 Å². The highest BCUT2D eigenvalue weighted by Crippen LogP contribution is 2.24. The Labute approximate surface area is 103 Å². The van der Waals surface area contributed by atoms with Crippen LogP contribution < -0.4 is 5.32 Å². The molecule has 1 amide bonds. The second kappa shape index (κ2) is 5.23. The van der Waals surface area contributed by atoms with Gasteiger partial charge in [0, 0.05) is 26.7 Å². The fourth-order valence-electron chi connectivity index (χ4n) is 1.99. The van der Waals surface area contributed by atoms with E-state index in [0.717, 1.165) is 13.0 Å². The Morgan fingerprint density at radius 1 is 1.47 bits per heavy atom. The largest absolute Gasteiger partial charge is 0.444 e. The van der Waals surface area contributed by atoms with Crippen molar-refractivity contribution in [3.05, 3.63) is 0 Å². The van der Waals surface area contributed by atoms with Crippen LogP contribution in [0.25, 0.3) is 0 Å². The summed E-state index contributed by atoms with van der Waals surface area (Å²) in [5.41, 5.74) is -1.06. The van der Waals surface area contributed by atoms with Crippen molar-refractivity contribution < 1.29 is 14.3 Å². The lowest BCUT2D eigenvalue weighted by Crippen LogP contribution is -2.64. The van der Waals surface area contributed by atoms with Crippen molar-refractivity contribution in [2.45, 2.75) is 45.4 Å². The molecule has 1 aliphatic rings. The van der Waals surface area contributed by atoms with Crippen LogP contribution in [0.4, 0.5) is 4.79 Å². The fourth-order valence-corrected chi connectivity index (χ4v) is 1.99. The number of ether oxygens (including phenoxy) is 2. The Hall–Kier alpha value is -0.810. The minimum Gasteiger partial charge on any atom is -0.444 e. The van der Waals surface area contributed by atoms with Gasteiger partial charge in [0.15, 0.2) is 5.72 Å². The molecule has 0 radical (unpaired) electrons. The van der Waals surface area contributed by atoms with E-state index >= 15 is 0 Å². The molecule has 1 fully saturated rings. The molecule has 0 saturated carbocycles. The molecule has 0 aliphatic carbocycles. The van der Waals surface area contributed by atoms with E-state index in [1.54, 1.807) is 12.0 Å². The lowest BCUT2D eigenvalue weighted by atomic mass is 10.1. The summed E-state index contributed by atoms with van der Waals surface area (Å²) < 4.78 is 11.0. The Morgan fingerprint density at radius 3 is 2.59 bits per heavy atom. The number of hydrogen-bond acceptors (Lipinski definition) is 4. The van der Waals surface area contributed by atoms with Gasteiger partial charge in [0.2, 0.25) is 0 Å². The third-order valence-corrected chi connectivity index (χ3v) is 2.95. The summed E-state index contributed by atoms with van der Waals surface area (Å²) in [5, 5.41) is 3.25. The standard InChI is InChI=1S/C12H24N2O3/c1-6-12(16-5)9-13-7-8-14(12)10(15)17-11(2,3)4/h13H,6-9H2,1-5H3. The lowest BCUT2D eigenvalue weighted by molar-refractivity contribution is -0.141. The van der Waals surface area contributed by atoms with Gasteiger partial charge in [-0.15, -0.1) is 0 Å². The number of hydrogen-bond donors (Lipinski definition) is 1. The molecule has 5 nitrogen and oxygen atoms in total. The van der Waals surface area contributed by atoms with E-state index in [1.165, 1.54) is 0 Å². The van der Waals surface area contributed by atoms with Gasteiger partial charge in [0.05, 0.1) is 0 Å². The van der Waals surface area contributed by atoms with E-state index < -0.39 is 11.3 Å². The van der Waals surface area contributed by atoms with Crippen LogP contribution in [-0.2, 0) is 9.47 Å². The molecule has 0 aromatic rings. The predicted molar refractivity (Wildman–Crippen MR) is 65.8 cm³/mol. The maximum Gasteiger partial charge on any atom is 0.412 e. The molecule has 1 heterocycles. The first-order chi connectivity index (χ1) is 7.84. The molecule has 5 heteroatoms. The van der Waals surface area contributed by atoms with E-state index in [2.05, 4.69) is 5.32 Å². The van der Waals surface area contributed by atoms with Crippen molar-refractivity contribution in [3.63, 3.8) is 0 Å². The smallest absolute Gasteiger partial charge is 0.412 e. The summed E-state index contributed by atoms with van der Waals surface area (Å²) in [5.74, 6) is 0. The Bertz CT molecular complexity index is 269. The maximum absolute atomic E-state index is 12.1. The number of nitrogens with one attached hydrogen (secondary N) is 1. The van der Waals surface area contributed by atoms with Gasteiger partial charge >= 0.3 is 6.09 Å². The number of nitrogens with zero attached hydrogens (tertiary/aromatic N) is 1. The second-order valence-electron chi connectivity index (χ2n) is 5.31. The van der Waals surface area contributed by atoms with Gasteiger partial charge in [-0.05, 0) is 27.2 Å². The first kappa shape index (κ1) is 14.3. The van der Waals surface area contributed by atoms with Crippen molar-refractivity contribution in [3.8, 4) is 0 Å². The van der Waals surface area contributed by atoms with Crippen LogP contribution in [-0.4, -0.2) is 49.1 Å². The van der Waals surface area contributed by atoms with Crippen molar-refractivity contribution >= 4 is 6.09 Å². The van der Waals surface area contributed by atoms with E-state index in [4.69, 9.17) is 9.47 Å². The Kier molecular flexibility index (Phi) is 4.38. The zero-order chi connectivity index (χ0) is 13.1. The molecule has 17 heavy (non-hydrogen) atoms. The summed E-state index contributed by atoms with van der Waals surface area (Å²) in [6.07, 6.45) is 0.429. The van der Waals surface area contributed by atoms with E-state index in [-0.39, 0.29) is 6.09 Å². The van der Waals surface area contributed by atoms with Gasteiger partial charge in [-0.25, -0.2) is 4.79 Å². The molecule has 0 bridgehead atoms. The minimum atomic E-state index is -0.583. The Balaban J connectivity index is 2.81. The highest BCUT2D eigenvalue weighted by atomic mass is 16.6. The summed E-state index contributed by atoms with van der Waals surface area (Å²) >= 11 is 0. The summed E-state index contributed by atoms with van der Waals surface area (Å²) in [4.78, 5) is 13.8. The topological polar surface area (TPSA) is 50.8 Å². The second-order valence-corrected chi connectivity index (χ2v) is 5.31. The van der Waals surface area contributed by atoms with Gasteiger partial charge < -0.3 is 14.8 Å². The van der Waals surface area contributed by atoms with Crippen LogP contribution >= 0.6 is 0 Å². The zero-order valence-corrected chi connectivity index (χ0v) is 11.5. The molecule has 1 aliphatic heterocycles. The third kappa shape index (κ3) is 3.33. The van der Waals surface area contributed by atoms with Crippen molar-refractivity contribution in [1.29, 1.82) is 0 Å². The molecular weight excluding hydrogens is 220 g/mol. The molecular formula is C12H24N2O3. The van der Waals surface area contributed by atoms with Crippen molar-refractivity contribution in [1.82, 2.24) is 10.2 Å². The lowest BCUT2D eigenvalue weighted by Gasteiger charge is -2.45. The van der Waals surface area contributed by atoms with Crippen LogP contribution in [0.1, 0.15) is 34.1 Å². The average Bonchev–Trinajstić information content (AvgIpc) is 2.26. The van der Waals surface area contributed by atoms with E-state index in [0.29, 0.717) is 13.1 Å². The number of piperazine rings is 1. The van der Waals surface area contributed by atoms with Crippen LogP contribution in [0.3, 0.4) is 0 Å². The number of carbonyl (C=O) groups excluding carboxylic acids is 1. The van der Waals surface area contributed by atoms with Gasteiger partial charge in [-0.3, -0.25) is 4.90 Å². The van der Waals surface area contributed by atoms with Crippen molar-refractivity contribution in [2.24, 2.45) is 0 Å². The molecule has 1 saturated heterocycles. The number of methoxy groups -OCH3 is 1. The molecule has 0 aromatic heterocycles. The van der Waals surface area contributed by atoms with Gasteiger partial charge in [0.25, 0.3) is 0 Å². The molecule has 1 N–H and O–H groups in total. The highest BCUT2D eigenvalue weighted by Gasteiger charge is 2.42. The third-order valence-electron chi connectivity index (χ3n) is 2.95. The van der Waals surface area contributed by atoms with Crippen LogP contribution in [0.2, 0.25) is 0 Å². The van der Waals surface area contributed by atoms with E-state index in [1.807, 2.05) is 27.7 Å². The summed E-state index contributed by atoms with van der Waals surface area (Å²) in [6, 6.07) is 0. The molecule has 1 rings (SSSR count). The zero-order valence-electron chi connectivity index (χ0n) is 11.5. The minimum absolute atomic E-state index is 0.303. The number of carbonyl (C=O) groups is 1. The Morgan fingerprint density at radius 2 is 2.12 bits per heavy atom. The van der Waals surface area contributed by atoms with Crippen LogP contribution in [0.15, 0.2) is 0 Å². The molecule has 0 aromatic carbocycles. The highest BCUT2D eigenvalue weighted by molar-refractivity contribution is 5.69. The SMILES string of the molecule is CCC1(OC)CNCCN1C(=O)OC(C)(C)C. The monoisotopic (exact) mass is 244 g/mol. The molecule has 100 valence electrons. The van der Waals surface area contributed by atoms with Crippen LogP contribution in [0.5, 0.6) is 0 Å². The normalized spacial score (nSPS) is 25.8. The van der Waals surface area contributed by atoms with Gasteiger partial charge in [0.1, 0.15) is 5.60 Å².